The topological polar surface area (TPSA) is 43.8 Å². The minimum absolute atomic E-state index is 0.326. The van der Waals surface area contributed by atoms with Gasteiger partial charge in [-0.3, -0.25) is 4.98 Å². The third-order valence-electron chi connectivity index (χ3n) is 5.83. The van der Waals surface area contributed by atoms with Crippen LogP contribution >= 0.6 is 0 Å². The second kappa shape index (κ2) is 8.38. The van der Waals surface area contributed by atoms with Gasteiger partial charge in [-0.1, -0.05) is 12.5 Å². The highest BCUT2D eigenvalue weighted by Gasteiger charge is 2.51. The molecule has 0 amide bonds. The van der Waals surface area contributed by atoms with E-state index in [0.717, 1.165) is 30.7 Å². The summed E-state index contributed by atoms with van der Waals surface area (Å²) in [4.78, 5) is 7.06. The molecule has 0 radical (unpaired) electrons. The maximum atomic E-state index is 6.06. The van der Waals surface area contributed by atoms with Crippen molar-refractivity contribution in [1.82, 2.24) is 9.88 Å². The first-order valence-corrected chi connectivity index (χ1v) is 9.98. The smallest absolute Gasteiger partial charge is 0.399 e. The number of aromatic nitrogens is 1. The third kappa shape index (κ3) is 4.86. The van der Waals surface area contributed by atoms with Crippen molar-refractivity contribution < 1.29 is 14.0 Å². The van der Waals surface area contributed by atoms with Crippen LogP contribution in [-0.2, 0) is 20.7 Å². The number of hydrogen-bond acceptors (Lipinski definition) is 5. The highest BCUT2D eigenvalue weighted by Crippen LogP contribution is 2.36. The Hall–Kier alpha value is -0.945. The molecule has 0 bridgehead atoms. The van der Waals surface area contributed by atoms with Crippen molar-refractivity contribution in [3.8, 4) is 0 Å². The number of piperidine rings is 1. The second-order valence-electron chi connectivity index (χ2n) is 8.48. The van der Waals surface area contributed by atoms with E-state index in [1.165, 1.54) is 32.4 Å². The first-order valence-electron chi connectivity index (χ1n) is 9.98. The van der Waals surface area contributed by atoms with Crippen molar-refractivity contribution in [3.63, 3.8) is 0 Å². The van der Waals surface area contributed by atoms with Gasteiger partial charge in [-0.15, -0.1) is 0 Å². The van der Waals surface area contributed by atoms with Crippen LogP contribution in [0.2, 0.25) is 0 Å². The number of likely N-dealkylation sites (tertiary alicyclic amines) is 1. The van der Waals surface area contributed by atoms with Gasteiger partial charge in [0.05, 0.1) is 23.5 Å². The van der Waals surface area contributed by atoms with Crippen LogP contribution in [0.3, 0.4) is 0 Å². The van der Waals surface area contributed by atoms with Gasteiger partial charge in [0.25, 0.3) is 0 Å². The predicted octanol–water partition coefficient (Wildman–Crippen LogP) is 2.77. The standard InChI is InChI=1S/C20H33BN2O3/c1-19(2)20(3,4)26-21(25-19)17-9-10-18(22-15-17)16-24-14-8-13-23-11-6-5-7-12-23/h9-10,15H,5-8,11-14,16H2,1-4H3. The van der Waals surface area contributed by atoms with Crippen molar-refractivity contribution in [1.29, 1.82) is 0 Å². The minimum Gasteiger partial charge on any atom is -0.399 e. The molecule has 2 aliphatic heterocycles. The van der Waals surface area contributed by atoms with Crippen molar-refractivity contribution in [2.45, 2.75) is 71.2 Å². The first-order chi connectivity index (χ1) is 12.4. The highest BCUT2D eigenvalue weighted by molar-refractivity contribution is 6.62. The van der Waals surface area contributed by atoms with Crippen LogP contribution in [0.15, 0.2) is 18.3 Å². The Labute approximate surface area is 158 Å². The van der Waals surface area contributed by atoms with Gasteiger partial charge in [-0.05, 0) is 66.1 Å². The number of pyridine rings is 1. The number of hydrogen-bond donors (Lipinski definition) is 0. The van der Waals surface area contributed by atoms with Crippen molar-refractivity contribution >= 4 is 12.6 Å². The zero-order chi connectivity index (χ0) is 18.6. The van der Waals surface area contributed by atoms with E-state index in [0.29, 0.717) is 6.61 Å². The van der Waals surface area contributed by atoms with E-state index < -0.39 is 0 Å². The molecule has 1 aromatic heterocycles. The van der Waals surface area contributed by atoms with Crippen molar-refractivity contribution in [2.75, 3.05) is 26.2 Å². The van der Waals surface area contributed by atoms with Crippen molar-refractivity contribution in [2.24, 2.45) is 0 Å². The maximum absolute atomic E-state index is 6.06. The van der Waals surface area contributed by atoms with E-state index in [-0.39, 0.29) is 18.3 Å². The van der Waals surface area contributed by atoms with Crippen LogP contribution in [0.25, 0.3) is 0 Å². The molecule has 0 spiro atoms. The molecule has 2 saturated heterocycles. The Morgan fingerprint density at radius 1 is 1.08 bits per heavy atom. The fraction of sp³-hybridized carbons (Fsp3) is 0.750. The van der Waals surface area contributed by atoms with Crippen molar-refractivity contribution in [3.05, 3.63) is 24.0 Å². The Kier molecular flexibility index (Phi) is 6.39. The quantitative estimate of drug-likeness (QED) is 0.553. The SMILES string of the molecule is CC1(C)OB(c2ccc(COCCCN3CCCCC3)nc2)OC1(C)C. The molecule has 0 unspecified atom stereocenters. The number of ether oxygens (including phenoxy) is 1. The van der Waals surface area contributed by atoms with Gasteiger partial charge >= 0.3 is 7.12 Å². The molecular weight excluding hydrogens is 327 g/mol. The summed E-state index contributed by atoms with van der Waals surface area (Å²) < 4.78 is 17.9. The van der Waals surface area contributed by atoms with E-state index in [9.17, 15) is 0 Å². The van der Waals surface area contributed by atoms with E-state index in [1.807, 2.05) is 18.3 Å². The minimum atomic E-state index is -0.355. The van der Waals surface area contributed by atoms with Gasteiger partial charge in [-0.2, -0.15) is 0 Å². The second-order valence-corrected chi connectivity index (χ2v) is 8.48. The van der Waals surface area contributed by atoms with E-state index >= 15 is 0 Å². The molecule has 5 nitrogen and oxygen atoms in total. The lowest BCUT2D eigenvalue weighted by molar-refractivity contribution is 0.00578. The average Bonchev–Trinajstić information content (AvgIpc) is 2.84. The summed E-state index contributed by atoms with van der Waals surface area (Å²) in [5.74, 6) is 0. The molecule has 0 atom stereocenters. The fourth-order valence-electron chi connectivity index (χ4n) is 3.39. The summed E-state index contributed by atoms with van der Waals surface area (Å²) in [5, 5.41) is 0. The normalized spacial score (nSPS) is 22.7. The van der Waals surface area contributed by atoms with Gasteiger partial charge in [0.15, 0.2) is 0 Å². The summed E-state index contributed by atoms with van der Waals surface area (Å²) in [6.07, 6.45) is 7.01. The Bertz CT molecular complexity index is 555. The molecule has 144 valence electrons. The zero-order valence-corrected chi connectivity index (χ0v) is 16.8. The Balaban J connectivity index is 1.39. The molecular formula is C20H33BN2O3. The molecule has 0 aliphatic carbocycles. The summed E-state index contributed by atoms with van der Waals surface area (Å²) in [5.41, 5.74) is 1.25. The molecule has 26 heavy (non-hydrogen) atoms. The molecule has 6 heteroatoms. The van der Waals surface area contributed by atoms with Crippen LogP contribution < -0.4 is 5.46 Å². The van der Waals surface area contributed by atoms with Gasteiger partial charge in [0.2, 0.25) is 0 Å². The molecule has 3 heterocycles. The van der Waals surface area contributed by atoms with Crippen LogP contribution in [-0.4, -0.2) is 54.4 Å². The molecule has 0 N–H and O–H groups in total. The Morgan fingerprint density at radius 2 is 1.77 bits per heavy atom. The summed E-state index contributed by atoms with van der Waals surface area (Å²) in [6.45, 7) is 13.2. The lowest BCUT2D eigenvalue weighted by atomic mass is 9.80. The largest absolute Gasteiger partial charge is 0.496 e. The lowest BCUT2D eigenvalue weighted by Crippen LogP contribution is -2.41. The predicted molar refractivity (Wildman–Crippen MR) is 105 cm³/mol. The fourth-order valence-corrected chi connectivity index (χ4v) is 3.39. The van der Waals surface area contributed by atoms with Gasteiger partial charge < -0.3 is 18.9 Å². The number of nitrogens with zero attached hydrogens (tertiary/aromatic N) is 2. The average molecular weight is 360 g/mol. The van der Waals surface area contributed by atoms with Crippen LogP contribution in [0.1, 0.15) is 59.1 Å². The maximum Gasteiger partial charge on any atom is 0.496 e. The Morgan fingerprint density at radius 3 is 2.38 bits per heavy atom. The lowest BCUT2D eigenvalue weighted by Gasteiger charge is -2.32. The molecule has 2 fully saturated rings. The van der Waals surface area contributed by atoms with Crippen LogP contribution in [0.5, 0.6) is 0 Å². The van der Waals surface area contributed by atoms with E-state index in [2.05, 4.69) is 37.6 Å². The zero-order valence-electron chi connectivity index (χ0n) is 16.8. The molecule has 2 aliphatic rings. The summed E-state index contributed by atoms with van der Waals surface area (Å²) >= 11 is 0. The summed E-state index contributed by atoms with van der Waals surface area (Å²) in [7, 11) is -0.355. The molecule has 0 aromatic carbocycles. The highest BCUT2D eigenvalue weighted by atomic mass is 16.7. The van der Waals surface area contributed by atoms with Gasteiger partial charge in [0.1, 0.15) is 0 Å². The van der Waals surface area contributed by atoms with Gasteiger partial charge in [-0.25, -0.2) is 0 Å². The summed E-state index contributed by atoms with van der Waals surface area (Å²) in [6, 6.07) is 4.03. The van der Waals surface area contributed by atoms with Crippen LogP contribution in [0, 0.1) is 0 Å². The van der Waals surface area contributed by atoms with E-state index in [4.69, 9.17) is 14.0 Å². The first kappa shape index (κ1) is 19.8. The molecule has 0 saturated carbocycles. The van der Waals surface area contributed by atoms with Crippen LogP contribution in [0.4, 0.5) is 0 Å². The third-order valence-corrected chi connectivity index (χ3v) is 5.83. The molecule has 1 aromatic rings. The van der Waals surface area contributed by atoms with E-state index in [1.54, 1.807) is 0 Å². The van der Waals surface area contributed by atoms with Gasteiger partial charge in [0, 0.05) is 24.8 Å². The number of rotatable bonds is 7. The monoisotopic (exact) mass is 360 g/mol. The molecule has 3 rings (SSSR count).